The molecule has 1 N–H and O–H groups in total. The van der Waals surface area contributed by atoms with E-state index in [1.54, 1.807) is 12.1 Å². The molecule has 1 aliphatic rings. The first-order chi connectivity index (χ1) is 9.98. The van der Waals surface area contributed by atoms with Crippen LogP contribution in [0.4, 0.5) is 4.39 Å². The van der Waals surface area contributed by atoms with Crippen LogP contribution in [-0.4, -0.2) is 46.8 Å². The molecule has 0 amide bonds. The number of β-amino-alcohol motifs (C(OH)–C–C–N with tert-alkyl or cyclic N) is 1. The van der Waals surface area contributed by atoms with E-state index in [1.165, 1.54) is 33.5 Å². The Bertz CT molecular complexity index is 760. The standard InChI is InChI=1S/C13H14FN3O3S/c14-12-3-1-2-4-13(12)17-9-11(7-15-17)21(19,20)16-6-5-10(18)8-16/h1-4,7,9-10,18H,5-6,8H2/t10-/m1/s1. The second-order valence-electron chi connectivity index (χ2n) is 4.88. The van der Waals surface area contributed by atoms with E-state index < -0.39 is 21.9 Å². The van der Waals surface area contributed by atoms with E-state index in [2.05, 4.69) is 5.10 Å². The number of halogens is 1. The number of sulfonamides is 1. The van der Waals surface area contributed by atoms with Crippen LogP contribution >= 0.6 is 0 Å². The van der Waals surface area contributed by atoms with Crippen molar-refractivity contribution in [3.05, 3.63) is 42.5 Å². The van der Waals surface area contributed by atoms with Crippen molar-refractivity contribution in [1.29, 1.82) is 0 Å². The Morgan fingerprint density at radius 2 is 2.10 bits per heavy atom. The Balaban J connectivity index is 1.93. The predicted octanol–water partition coefficient (Wildman–Crippen LogP) is 0.767. The molecule has 6 nitrogen and oxygen atoms in total. The Labute approximate surface area is 121 Å². The highest BCUT2D eigenvalue weighted by Crippen LogP contribution is 2.22. The highest BCUT2D eigenvalue weighted by atomic mass is 32.2. The summed E-state index contributed by atoms with van der Waals surface area (Å²) in [6.45, 7) is 0.349. The third-order valence-corrected chi connectivity index (χ3v) is 5.24. The van der Waals surface area contributed by atoms with Crippen LogP contribution in [-0.2, 0) is 10.0 Å². The maximum absolute atomic E-state index is 13.7. The number of hydrogen-bond acceptors (Lipinski definition) is 4. The van der Waals surface area contributed by atoms with Crippen LogP contribution in [0.25, 0.3) is 5.69 Å². The van der Waals surface area contributed by atoms with E-state index in [9.17, 15) is 17.9 Å². The number of aromatic nitrogens is 2. The van der Waals surface area contributed by atoms with Gasteiger partial charge in [0.25, 0.3) is 0 Å². The van der Waals surface area contributed by atoms with Gasteiger partial charge in [-0.25, -0.2) is 17.5 Å². The fourth-order valence-electron chi connectivity index (χ4n) is 2.29. The van der Waals surface area contributed by atoms with Crippen LogP contribution in [0.15, 0.2) is 41.6 Å². The van der Waals surface area contributed by atoms with Gasteiger partial charge in [0.05, 0.1) is 18.5 Å². The molecule has 2 heterocycles. The zero-order valence-electron chi connectivity index (χ0n) is 11.1. The SMILES string of the molecule is O=S(=O)(c1cnn(-c2ccccc2F)c1)N1CC[C@@H](O)C1. The summed E-state index contributed by atoms with van der Waals surface area (Å²) >= 11 is 0. The van der Waals surface area contributed by atoms with Crippen molar-refractivity contribution >= 4 is 10.0 Å². The van der Waals surface area contributed by atoms with Gasteiger partial charge in [-0.3, -0.25) is 0 Å². The summed E-state index contributed by atoms with van der Waals surface area (Å²) in [5, 5.41) is 13.4. The molecule has 1 saturated heterocycles. The molecule has 8 heteroatoms. The molecule has 1 aromatic carbocycles. The van der Waals surface area contributed by atoms with Gasteiger partial charge in [0.15, 0.2) is 0 Å². The Morgan fingerprint density at radius 3 is 2.76 bits per heavy atom. The number of benzene rings is 1. The van der Waals surface area contributed by atoms with Gasteiger partial charge in [-0.1, -0.05) is 12.1 Å². The van der Waals surface area contributed by atoms with Gasteiger partial charge in [-0.2, -0.15) is 9.40 Å². The molecule has 0 radical (unpaired) electrons. The summed E-state index contributed by atoms with van der Waals surface area (Å²) in [4.78, 5) is -0.0140. The fourth-order valence-corrected chi connectivity index (χ4v) is 3.71. The molecule has 1 aromatic heterocycles. The normalized spacial score (nSPS) is 20.0. The highest BCUT2D eigenvalue weighted by molar-refractivity contribution is 7.89. The fraction of sp³-hybridized carbons (Fsp3) is 0.308. The van der Waals surface area contributed by atoms with Crippen molar-refractivity contribution in [2.75, 3.05) is 13.1 Å². The lowest BCUT2D eigenvalue weighted by molar-refractivity contribution is 0.189. The molecular weight excluding hydrogens is 297 g/mol. The minimum absolute atomic E-state index is 0.0140. The quantitative estimate of drug-likeness (QED) is 0.908. The molecule has 1 atom stereocenters. The van der Waals surface area contributed by atoms with E-state index in [-0.39, 0.29) is 23.7 Å². The average Bonchev–Trinajstić information content (AvgIpc) is 3.08. The van der Waals surface area contributed by atoms with Gasteiger partial charge in [0.1, 0.15) is 16.4 Å². The molecule has 0 unspecified atom stereocenters. The van der Waals surface area contributed by atoms with E-state index in [0.717, 1.165) is 0 Å². The number of para-hydroxylation sites is 1. The van der Waals surface area contributed by atoms with Crippen LogP contribution in [0.3, 0.4) is 0 Å². The van der Waals surface area contributed by atoms with E-state index in [4.69, 9.17) is 0 Å². The second-order valence-corrected chi connectivity index (χ2v) is 6.82. The summed E-state index contributed by atoms with van der Waals surface area (Å²) in [6, 6.07) is 5.98. The van der Waals surface area contributed by atoms with Crippen LogP contribution in [0.2, 0.25) is 0 Å². The summed E-state index contributed by atoms with van der Waals surface area (Å²) in [6.07, 6.45) is 2.24. The summed E-state index contributed by atoms with van der Waals surface area (Å²) < 4.78 is 40.8. The number of rotatable bonds is 3. The van der Waals surface area contributed by atoms with Gasteiger partial charge in [-0.05, 0) is 18.6 Å². The Kier molecular flexibility index (Phi) is 3.52. The van der Waals surface area contributed by atoms with Gasteiger partial charge in [0.2, 0.25) is 10.0 Å². The van der Waals surface area contributed by atoms with Gasteiger partial charge in [-0.15, -0.1) is 0 Å². The van der Waals surface area contributed by atoms with Crippen LogP contribution in [0.5, 0.6) is 0 Å². The monoisotopic (exact) mass is 311 g/mol. The maximum atomic E-state index is 13.7. The highest BCUT2D eigenvalue weighted by Gasteiger charge is 2.32. The summed E-state index contributed by atoms with van der Waals surface area (Å²) in [7, 11) is -3.70. The van der Waals surface area contributed by atoms with E-state index >= 15 is 0 Å². The van der Waals surface area contributed by atoms with Gasteiger partial charge < -0.3 is 5.11 Å². The Hall–Kier alpha value is -1.77. The lowest BCUT2D eigenvalue weighted by Gasteiger charge is -2.13. The number of aliphatic hydroxyl groups is 1. The Morgan fingerprint density at radius 1 is 1.33 bits per heavy atom. The van der Waals surface area contributed by atoms with Crippen LogP contribution < -0.4 is 0 Å². The number of aliphatic hydroxyl groups excluding tert-OH is 1. The zero-order valence-corrected chi connectivity index (χ0v) is 11.9. The lowest BCUT2D eigenvalue weighted by atomic mass is 10.3. The third kappa shape index (κ3) is 2.57. The number of nitrogens with zero attached hydrogens (tertiary/aromatic N) is 3. The molecule has 112 valence electrons. The molecule has 21 heavy (non-hydrogen) atoms. The molecule has 1 aliphatic heterocycles. The minimum Gasteiger partial charge on any atom is -0.392 e. The third-order valence-electron chi connectivity index (χ3n) is 3.42. The largest absolute Gasteiger partial charge is 0.392 e. The summed E-state index contributed by atoms with van der Waals surface area (Å²) in [5.41, 5.74) is 0.181. The van der Waals surface area contributed by atoms with Gasteiger partial charge >= 0.3 is 0 Å². The lowest BCUT2D eigenvalue weighted by Crippen LogP contribution is -2.29. The topological polar surface area (TPSA) is 75.4 Å². The smallest absolute Gasteiger partial charge is 0.246 e. The molecule has 0 saturated carbocycles. The van der Waals surface area contributed by atoms with Crippen molar-refractivity contribution in [3.8, 4) is 5.69 Å². The van der Waals surface area contributed by atoms with Crippen molar-refractivity contribution in [2.45, 2.75) is 17.4 Å². The van der Waals surface area contributed by atoms with Crippen LogP contribution in [0, 0.1) is 5.82 Å². The molecular formula is C13H14FN3O3S. The predicted molar refractivity (Wildman–Crippen MR) is 72.9 cm³/mol. The zero-order chi connectivity index (χ0) is 15.0. The molecule has 1 fully saturated rings. The van der Waals surface area contributed by atoms with E-state index in [1.807, 2.05) is 0 Å². The first-order valence-corrected chi connectivity index (χ1v) is 7.90. The number of hydrogen-bond donors (Lipinski definition) is 1. The van der Waals surface area contributed by atoms with Crippen LogP contribution in [0.1, 0.15) is 6.42 Å². The molecule has 2 aromatic rings. The maximum Gasteiger partial charge on any atom is 0.246 e. The average molecular weight is 311 g/mol. The second kappa shape index (κ2) is 5.21. The first kappa shape index (κ1) is 14.2. The molecule has 0 bridgehead atoms. The van der Waals surface area contributed by atoms with Crippen molar-refractivity contribution < 1.29 is 17.9 Å². The molecule has 0 aliphatic carbocycles. The van der Waals surface area contributed by atoms with Crippen molar-refractivity contribution in [2.24, 2.45) is 0 Å². The van der Waals surface area contributed by atoms with Crippen molar-refractivity contribution in [1.82, 2.24) is 14.1 Å². The van der Waals surface area contributed by atoms with Crippen molar-refractivity contribution in [3.63, 3.8) is 0 Å². The summed E-state index contributed by atoms with van der Waals surface area (Å²) in [5.74, 6) is -0.485. The van der Waals surface area contributed by atoms with E-state index in [0.29, 0.717) is 6.42 Å². The van der Waals surface area contributed by atoms with Gasteiger partial charge in [0, 0.05) is 13.1 Å². The molecule has 0 spiro atoms. The molecule has 3 rings (SSSR count). The minimum atomic E-state index is -3.70. The first-order valence-electron chi connectivity index (χ1n) is 6.46.